The molecule has 1 aliphatic heterocycles. The van der Waals surface area contributed by atoms with Gasteiger partial charge in [0.1, 0.15) is 10.1 Å². The molecule has 2 amide bonds. The number of ether oxygens (including phenoxy) is 2. The Morgan fingerprint density at radius 1 is 1.21 bits per heavy atom. The minimum absolute atomic E-state index is 0.276. The molecule has 0 fully saturated rings. The smallest absolute Gasteiger partial charge is 0.271 e. The fraction of sp³-hybridized carbons (Fsp3) is 0.333. The Labute approximate surface area is 175 Å². The molecule has 0 N–H and O–H groups in total. The number of carbonyl (C=O) groups excluding carboxylic acids is 2. The molecule has 2 aromatic rings. The molecule has 0 saturated carbocycles. The van der Waals surface area contributed by atoms with Gasteiger partial charge in [0, 0.05) is 16.1 Å². The number of amides is 2. The van der Waals surface area contributed by atoms with Crippen molar-refractivity contribution in [3.05, 3.63) is 44.1 Å². The molecule has 0 aliphatic carbocycles. The highest BCUT2D eigenvalue weighted by Gasteiger charge is 2.41. The van der Waals surface area contributed by atoms with Crippen LogP contribution in [0.15, 0.2) is 28.1 Å². The van der Waals surface area contributed by atoms with Crippen LogP contribution in [0.1, 0.15) is 37.8 Å². The molecule has 7 nitrogen and oxygen atoms in total. The van der Waals surface area contributed by atoms with E-state index in [0.717, 1.165) is 22.5 Å². The second kappa shape index (κ2) is 7.84. The number of hydrogen-bond acceptors (Lipinski definition) is 7. The third kappa shape index (κ3) is 3.68. The van der Waals surface area contributed by atoms with E-state index in [2.05, 4.69) is 15.9 Å². The summed E-state index contributed by atoms with van der Waals surface area (Å²) >= 11 is 4.42. The zero-order valence-electron chi connectivity index (χ0n) is 15.4. The lowest BCUT2D eigenvalue weighted by Gasteiger charge is -2.22. The molecule has 3 rings (SSSR count). The number of benzene rings is 1. The largest absolute Gasteiger partial charge is 0.493 e. The number of methoxy groups -OCH3 is 1. The second-order valence-electron chi connectivity index (χ2n) is 6.17. The third-order valence-corrected chi connectivity index (χ3v) is 7.72. The summed E-state index contributed by atoms with van der Waals surface area (Å²) < 4.78 is 36.3. The van der Waals surface area contributed by atoms with Crippen molar-refractivity contribution in [1.82, 2.24) is 4.90 Å². The molecule has 0 spiro atoms. The van der Waals surface area contributed by atoms with Gasteiger partial charge in [0.25, 0.3) is 11.8 Å². The van der Waals surface area contributed by atoms with Gasteiger partial charge in [-0.3, -0.25) is 14.5 Å². The summed E-state index contributed by atoms with van der Waals surface area (Å²) in [6.07, 6.45) is 1.08. The highest BCUT2D eigenvalue weighted by molar-refractivity contribution is 9.10. The van der Waals surface area contributed by atoms with Gasteiger partial charge in [0.15, 0.2) is 21.3 Å². The molecular weight excluding hydrogens is 470 g/mol. The van der Waals surface area contributed by atoms with Crippen molar-refractivity contribution in [2.24, 2.45) is 0 Å². The summed E-state index contributed by atoms with van der Waals surface area (Å²) in [5.41, 5.74) is 0.702. The average molecular weight is 488 g/mol. The zero-order chi connectivity index (χ0) is 20.6. The maximum Gasteiger partial charge on any atom is 0.271 e. The van der Waals surface area contributed by atoms with Crippen LogP contribution >= 0.6 is 27.3 Å². The van der Waals surface area contributed by atoms with E-state index in [4.69, 9.17) is 9.47 Å². The first kappa shape index (κ1) is 20.8. The molecule has 0 radical (unpaired) electrons. The van der Waals surface area contributed by atoms with Crippen LogP contribution in [0.25, 0.3) is 0 Å². The monoisotopic (exact) mass is 487 g/mol. The molecule has 1 aromatic carbocycles. The first-order valence-electron chi connectivity index (χ1n) is 8.31. The van der Waals surface area contributed by atoms with Gasteiger partial charge in [-0.2, -0.15) is 0 Å². The highest BCUT2D eigenvalue weighted by atomic mass is 79.9. The average Bonchev–Trinajstić information content (AvgIpc) is 3.12. The van der Waals surface area contributed by atoms with Crippen LogP contribution in [0.5, 0.6) is 11.5 Å². The van der Waals surface area contributed by atoms with E-state index in [9.17, 15) is 18.0 Å². The lowest BCUT2D eigenvalue weighted by Crippen LogP contribution is -2.36. The highest BCUT2D eigenvalue weighted by Crippen LogP contribution is 2.38. The van der Waals surface area contributed by atoms with Crippen molar-refractivity contribution in [1.29, 1.82) is 0 Å². The summed E-state index contributed by atoms with van der Waals surface area (Å²) in [6, 6.07) is 4.79. The quantitative estimate of drug-likeness (QED) is 0.556. The predicted molar refractivity (Wildman–Crippen MR) is 109 cm³/mol. The molecule has 1 aromatic heterocycles. The molecule has 150 valence electrons. The number of sulfone groups is 1. The summed E-state index contributed by atoms with van der Waals surface area (Å²) in [6.45, 7) is 1.90. The Kier molecular flexibility index (Phi) is 5.83. The summed E-state index contributed by atoms with van der Waals surface area (Å²) in [5.74, 6) is -0.113. The van der Waals surface area contributed by atoms with Gasteiger partial charge in [-0.15, -0.1) is 11.3 Å². The van der Waals surface area contributed by atoms with Crippen molar-refractivity contribution >= 4 is 48.9 Å². The topological polar surface area (TPSA) is 90.0 Å². The SMILES string of the molecule is CCOc1cc([C@H](CN2C(=O)c3scc(Br)c3C2=O)S(C)(=O)=O)ccc1OC. The van der Waals surface area contributed by atoms with Gasteiger partial charge >= 0.3 is 0 Å². The minimum atomic E-state index is -3.63. The third-order valence-electron chi connectivity index (χ3n) is 4.37. The number of rotatable bonds is 7. The molecule has 28 heavy (non-hydrogen) atoms. The van der Waals surface area contributed by atoms with Crippen molar-refractivity contribution in [3.8, 4) is 11.5 Å². The van der Waals surface area contributed by atoms with E-state index < -0.39 is 26.9 Å². The van der Waals surface area contributed by atoms with Gasteiger partial charge in [-0.1, -0.05) is 6.07 Å². The van der Waals surface area contributed by atoms with E-state index in [1.54, 1.807) is 30.5 Å². The fourth-order valence-corrected chi connectivity index (χ4v) is 5.73. The number of thiophene rings is 1. The number of hydrogen-bond donors (Lipinski definition) is 0. The number of carbonyl (C=O) groups is 2. The van der Waals surface area contributed by atoms with E-state index in [1.807, 2.05) is 0 Å². The van der Waals surface area contributed by atoms with E-state index in [1.165, 1.54) is 7.11 Å². The Balaban J connectivity index is 1.98. The lowest BCUT2D eigenvalue weighted by atomic mass is 10.1. The molecule has 0 unspecified atom stereocenters. The number of nitrogens with zero attached hydrogens (tertiary/aromatic N) is 1. The van der Waals surface area contributed by atoms with E-state index in [0.29, 0.717) is 33.0 Å². The summed E-state index contributed by atoms with van der Waals surface area (Å²) in [5, 5.41) is 0.585. The standard InChI is InChI=1S/C18H18BrNO6S2/c1-4-26-13-7-10(5-6-12(13)25-2)14(28(3,23)24)8-20-17(21)15-11(19)9-27-16(15)18(20)22/h5-7,9,14H,4,8H2,1-3H3/t14-/m0/s1. The van der Waals surface area contributed by atoms with Crippen LogP contribution in [0.3, 0.4) is 0 Å². The summed E-state index contributed by atoms with van der Waals surface area (Å²) in [4.78, 5) is 26.6. The maximum absolute atomic E-state index is 12.7. The first-order valence-corrected chi connectivity index (χ1v) is 11.9. The maximum atomic E-state index is 12.7. The van der Waals surface area contributed by atoms with Crippen LogP contribution in [0, 0.1) is 0 Å². The Morgan fingerprint density at radius 3 is 2.50 bits per heavy atom. The number of halogens is 1. The van der Waals surface area contributed by atoms with Gasteiger partial charge in [-0.25, -0.2) is 8.42 Å². The molecular formula is C18H18BrNO6S2. The molecule has 0 saturated heterocycles. The van der Waals surface area contributed by atoms with Gasteiger partial charge in [0.2, 0.25) is 0 Å². The van der Waals surface area contributed by atoms with Gasteiger partial charge in [-0.05, 0) is 40.5 Å². The van der Waals surface area contributed by atoms with Crippen molar-refractivity contribution in [2.45, 2.75) is 12.2 Å². The minimum Gasteiger partial charge on any atom is -0.493 e. The van der Waals surface area contributed by atoms with Crippen LogP contribution in [-0.4, -0.2) is 51.6 Å². The van der Waals surface area contributed by atoms with Crippen molar-refractivity contribution in [2.75, 3.05) is 26.5 Å². The summed E-state index contributed by atoms with van der Waals surface area (Å²) in [7, 11) is -2.15. The number of fused-ring (bicyclic) bond motifs is 1. The first-order chi connectivity index (χ1) is 13.2. The van der Waals surface area contributed by atoms with Gasteiger partial charge < -0.3 is 9.47 Å². The fourth-order valence-electron chi connectivity index (χ4n) is 3.02. The normalized spacial score (nSPS) is 14.9. The molecule has 10 heteroatoms. The van der Waals surface area contributed by atoms with Crippen LogP contribution in [-0.2, 0) is 9.84 Å². The number of imide groups is 1. The lowest BCUT2D eigenvalue weighted by molar-refractivity contribution is 0.0655. The Hall–Kier alpha value is -1.91. The van der Waals surface area contributed by atoms with Crippen LogP contribution < -0.4 is 9.47 Å². The zero-order valence-corrected chi connectivity index (χ0v) is 18.6. The molecule has 1 aliphatic rings. The van der Waals surface area contributed by atoms with Crippen molar-refractivity contribution < 1.29 is 27.5 Å². The Morgan fingerprint density at radius 2 is 1.93 bits per heavy atom. The van der Waals surface area contributed by atoms with Crippen LogP contribution in [0.4, 0.5) is 0 Å². The van der Waals surface area contributed by atoms with E-state index >= 15 is 0 Å². The Bertz CT molecular complexity index is 1050. The molecule has 0 bridgehead atoms. The second-order valence-corrected chi connectivity index (χ2v) is 10.1. The molecule has 1 atom stereocenters. The van der Waals surface area contributed by atoms with Gasteiger partial charge in [0.05, 0.1) is 25.8 Å². The molecule has 2 heterocycles. The predicted octanol–water partition coefficient (Wildman–Crippen LogP) is 3.30. The van der Waals surface area contributed by atoms with Crippen LogP contribution in [0.2, 0.25) is 0 Å². The van der Waals surface area contributed by atoms with E-state index in [-0.39, 0.29) is 12.1 Å². The van der Waals surface area contributed by atoms with Crippen molar-refractivity contribution in [3.63, 3.8) is 0 Å².